The summed E-state index contributed by atoms with van der Waals surface area (Å²) < 4.78 is 40.9. The van der Waals surface area contributed by atoms with Gasteiger partial charge in [-0.15, -0.1) is 11.3 Å². The number of ether oxygens (including phenoxy) is 2. The number of likely N-dealkylation sites (tertiary alicyclic amines) is 1. The molecule has 0 spiro atoms. The topological polar surface area (TPSA) is 218 Å². The number of fused-ring (bicyclic) bond motifs is 6. The number of pyridine rings is 1. The van der Waals surface area contributed by atoms with Gasteiger partial charge in [-0.3, -0.25) is 19.6 Å². The molecule has 2 fully saturated rings. The number of nitrogens with one attached hydrogen (secondary N) is 3. The molecule has 4 N–H and O–H groups in total. The lowest BCUT2D eigenvalue weighted by atomic mass is 9.84. The quantitative estimate of drug-likeness (QED) is 0.167. The lowest BCUT2D eigenvalue weighted by Gasteiger charge is -2.42. The molecule has 4 atom stereocenters. The number of likely N-dealkylation sites (N-methyl/N-ethyl adjacent to an activating group) is 1. The third-order valence-electron chi connectivity index (χ3n) is 12.7. The van der Waals surface area contributed by atoms with Crippen molar-refractivity contribution in [2.24, 2.45) is 11.3 Å². The fraction of sp³-hybridized carbons (Fsp3) is 0.556. The minimum absolute atomic E-state index is 0.0312. The Hall–Kier alpha value is -4.99. The molecule has 7 rings (SSSR count). The molecule has 0 radical (unpaired) electrons. The van der Waals surface area contributed by atoms with Crippen molar-refractivity contribution in [1.82, 2.24) is 44.8 Å². The Labute approximate surface area is 384 Å². The molecule has 20 heteroatoms. The van der Waals surface area contributed by atoms with Gasteiger partial charge >= 0.3 is 12.0 Å². The number of aliphatic hydroxyl groups is 1. The normalized spacial score (nSPS) is 21.7. The first-order valence-corrected chi connectivity index (χ1v) is 24.5. The smallest absolute Gasteiger partial charge is 0.355 e. The molecule has 6 heterocycles. The number of benzene rings is 1. The van der Waals surface area contributed by atoms with E-state index in [1.54, 1.807) is 27.2 Å². The van der Waals surface area contributed by atoms with Gasteiger partial charge in [0, 0.05) is 92.2 Å². The number of amides is 4. The van der Waals surface area contributed by atoms with Gasteiger partial charge in [-0.2, -0.15) is 5.43 Å². The third-order valence-corrected chi connectivity index (χ3v) is 15.3. The van der Waals surface area contributed by atoms with Crippen LogP contribution in [0.5, 0.6) is 0 Å². The minimum Gasteiger partial charge on any atom is -0.462 e. The van der Waals surface area contributed by atoms with Crippen LogP contribution in [-0.4, -0.2) is 137 Å². The van der Waals surface area contributed by atoms with Gasteiger partial charge in [0.15, 0.2) is 0 Å². The van der Waals surface area contributed by atoms with Crippen molar-refractivity contribution in [3.63, 3.8) is 0 Å². The first-order valence-electron chi connectivity index (χ1n) is 22.0. The molecule has 352 valence electrons. The highest BCUT2D eigenvalue weighted by atomic mass is 32.2. The predicted molar refractivity (Wildman–Crippen MR) is 246 cm³/mol. The Morgan fingerprint density at radius 2 is 1.91 bits per heavy atom. The van der Waals surface area contributed by atoms with Gasteiger partial charge in [-0.05, 0) is 69.5 Å². The molecule has 0 saturated carbocycles. The lowest BCUT2D eigenvalue weighted by molar-refractivity contribution is -0.189. The van der Waals surface area contributed by atoms with E-state index in [-0.39, 0.29) is 51.6 Å². The summed E-state index contributed by atoms with van der Waals surface area (Å²) in [6.45, 7) is 12.2. The number of methoxy groups -OCH3 is 1. The molecule has 3 aliphatic heterocycles. The van der Waals surface area contributed by atoms with Crippen LogP contribution in [0.25, 0.3) is 33.4 Å². The van der Waals surface area contributed by atoms with Crippen LogP contribution in [0.15, 0.2) is 41.9 Å². The number of rotatable bonds is 10. The number of nitrogens with zero attached hydrogens (tertiary/aromatic N) is 6. The van der Waals surface area contributed by atoms with Crippen molar-refractivity contribution < 1.29 is 42.2 Å². The Morgan fingerprint density at radius 3 is 2.58 bits per heavy atom. The second-order valence-electron chi connectivity index (χ2n) is 18.4. The first-order chi connectivity index (χ1) is 30.7. The molecule has 3 aromatic heterocycles. The fourth-order valence-corrected chi connectivity index (χ4v) is 11.0. The van der Waals surface area contributed by atoms with Crippen molar-refractivity contribution in [3.05, 3.63) is 58.2 Å². The molecule has 0 unspecified atom stereocenters. The van der Waals surface area contributed by atoms with Crippen molar-refractivity contribution in [3.8, 4) is 22.5 Å². The SMILES string of the molecule is CCn1c(-c2cccnc2[C@H](C)OC)c2c3cc(ccc31)-c1csc(n1)C[C@H](NC(=O)[C@H](C(C)C)N(C)C(=O)N1CC(S(=O)(=O)NC)C1)C(=O)N1CCC[C@@](O)(N1)C(=O)OCC(C)(C)C2. The number of cyclic esters (lactones) is 1. The molecular weight excluding hydrogens is 875 g/mol. The second-order valence-corrected chi connectivity index (χ2v) is 21.5. The number of urea groups is 1. The minimum atomic E-state index is -3.59. The van der Waals surface area contributed by atoms with Crippen LogP contribution < -0.4 is 15.5 Å². The second kappa shape index (κ2) is 18.7. The summed E-state index contributed by atoms with van der Waals surface area (Å²) in [6.07, 6.45) is 2.10. The van der Waals surface area contributed by atoms with Crippen LogP contribution in [0, 0.1) is 11.3 Å². The van der Waals surface area contributed by atoms with E-state index in [2.05, 4.69) is 39.1 Å². The number of hydrogen-bond donors (Lipinski definition) is 4. The van der Waals surface area contributed by atoms with E-state index < -0.39 is 68.2 Å². The molecule has 6 bridgehead atoms. The number of hydrazine groups is 1. The fourth-order valence-electron chi connectivity index (χ4n) is 9.09. The van der Waals surface area contributed by atoms with Gasteiger partial charge in [0.1, 0.15) is 17.3 Å². The maximum Gasteiger partial charge on any atom is 0.355 e. The summed E-state index contributed by atoms with van der Waals surface area (Å²) in [5.41, 5.74) is 6.05. The third kappa shape index (κ3) is 9.51. The van der Waals surface area contributed by atoms with Crippen molar-refractivity contribution >= 4 is 56.1 Å². The summed E-state index contributed by atoms with van der Waals surface area (Å²) in [4.78, 5) is 68.8. The Morgan fingerprint density at radius 1 is 1.17 bits per heavy atom. The Bertz CT molecular complexity index is 2570. The standard InChI is InChI=1S/C45H61N9O9S2/c1-10-53-35-15-14-28-19-31(35)32(39(53)30-13-11-17-47-37(30)27(4)62-9)21-44(5,6)25-63-42(57)45(59)16-12-18-54(50-45)41(56)33(20-36-48-34(28)24-64-36)49-40(55)38(26(2)3)51(8)43(58)52-22-29(23-52)65(60,61)46-7/h11,13-15,17,19,24,26-27,29,33,38,46,50,59H,10,12,16,18,20-23,25H2,1-9H3,(H,49,55)/t27-,33-,38-,45-/m0/s1. The van der Waals surface area contributed by atoms with E-state index in [1.807, 2.05) is 44.4 Å². The number of thiazole rings is 1. The van der Waals surface area contributed by atoms with Crippen molar-refractivity contribution in [1.29, 1.82) is 0 Å². The number of carbonyl (C=O) groups excluding carboxylic acids is 4. The first kappa shape index (κ1) is 48.0. The van der Waals surface area contributed by atoms with Gasteiger partial charge in [-0.1, -0.05) is 33.8 Å². The summed E-state index contributed by atoms with van der Waals surface area (Å²) in [7, 11) is 0.861. The van der Waals surface area contributed by atoms with E-state index in [0.717, 1.165) is 44.0 Å². The summed E-state index contributed by atoms with van der Waals surface area (Å²) in [5.74, 6) is -2.60. The highest BCUT2D eigenvalue weighted by molar-refractivity contribution is 7.90. The van der Waals surface area contributed by atoms with Crippen LogP contribution in [0.3, 0.4) is 0 Å². The molecule has 3 aliphatic rings. The summed E-state index contributed by atoms with van der Waals surface area (Å²) in [6, 6.07) is 7.34. The van der Waals surface area contributed by atoms with Crippen LogP contribution in [0.2, 0.25) is 0 Å². The highest BCUT2D eigenvalue weighted by Gasteiger charge is 2.46. The van der Waals surface area contributed by atoms with Gasteiger partial charge in [0.2, 0.25) is 21.7 Å². The number of carbonyl (C=O) groups is 4. The monoisotopic (exact) mass is 935 g/mol. The van der Waals surface area contributed by atoms with Gasteiger partial charge in [0.05, 0.1) is 34.8 Å². The molecule has 0 aliphatic carbocycles. The molecule has 4 aromatic rings. The van der Waals surface area contributed by atoms with Crippen LogP contribution >= 0.6 is 11.3 Å². The Kier molecular flexibility index (Phi) is 13.8. The number of hydrogen-bond acceptors (Lipinski definition) is 13. The molecule has 1 aromatic carbocycles. The molecule has 4 amide bonds. The van der Waals surface area contributed by atoms with Crippen molar-refractivity contribution in [2.75, 3.05) is 47.4 Å². The van der Waals surface area contributed by atoms with E-state index in [9.17, 15) is 32.7 Å². The molecule has 2 saturated heterocycles. The zero-order valence-corrected chi connectivity index (χ0v) is 40.1. The average Bonchev–Trinajstić information content (AvgIpc) is 3.85. The summed E-state index contributed by atoms with van der Waals surface area (Å²) in [5, 5.41) is 18.5. The highest BCUT2D eigenvalue weighted by Crippen LogP contribution is 2.42. The zero-order chi connectivity index (χ0) is 47.2. The average molecular weight is 936 g/mol. The van der Waals surface area contributed by atoms with Crippen LogP contribution in [0.1, 0.15) is 76.8 Å². The maximum absolute atomic E-state index is 14.6. The predicted octanol–water partition coefficient (Wildman–Crippen LogP) is 3.83. The van der Waals surface area contributed by atoms with Gasteiger partial charge in [0.25, 0.3) is 5.91 Å². The largest absolute Gasteiger partial charge is 0.462 e. The summed E-state index contributed by atoms with van der Waals surface area (Å²) >= 11 is 1.33. The lowest BCUT2D eigenvalue weighted by Crippen LogP contribution is -2.67. The number of sulfonamides is 1. The Balaban J connectivity index is 1.28. The van der Waals surface area contributed by atoms with E-state index in [4.69, 9.17) is 19.4 Å². The number of esters is 1. The van der Waals surface area contributed by atoms with E-state index >= 15 is 0 Å². The van der Waals surface area contributed by atoms with Crippen LogP contribution in [-0.2, 0) is 53.3 Å². The van der Waals surface area contributed by atoms with Crippen LogP contribution in [0.4, 0.5) is 4.79 Å². The molecular formula is C45H61N9O9S2. The maximum atomic E-state index is 14.6. The molecule has 18 nitrogen and oxygen atoms in total. The molecule has 65 heavy (non-hydrogen) atoms. The number of aryl methyl sites for hydroxylation is 1. The van der Waals surface area contributed by atoms with Gasteiger partial charge in [-0.25, -0.2) is 27.7 Å². The van der Waals surface area contributed by atoms with E-state index in [0.29, 0.717) is 23.7 Å². The number of aromatic nitrogens is 3. The van der Waals surface area contributed by atoms with E-state index in [1.165, 1.54) is 35.2 Å². The van der Waals surface area contributed by atoms with Gasteiger partial charge < -0.3 is 34.3 Å². The zero-order valence-electron chi connectivity index (χ0n) is 38.5. The van der Waals surface area contributed by atoms with Crippen molar-refractivity contribution in [2.45, 2.75) is 103 Å².